The fourth-order valence-electron chi connectivity index (χ4n) is 4.13. The highest BCUT2D eigenvalue weighted by molar-refractivity contribution is 5.87. The van der Waals surface area contributed by atoms with Crippen LogP contribution in [0.4, 0.5) is 0 Å². The maximum atomic E-state index is 13.1. The van der Waals surface area contributed by atoms with Crippen molar-refractivity contribution in [2.45, 2.75) is 78.9 Å². The molecule has 1 aliphatic heterocycles. The molecule has 2 unspecified atom stereocenters. The summed E-state index contributed by atoms with van der Waals surface area (Å²) in [5.41, 5.74) is 2.87. The lowest BCUT2D eigenvalue weighted by atomic mass is 9.81. The Morgan fingerprint density at radius 3 is 2.41 bits per heavy atom. The van der Waals surface area contributed by atoms with Gasteiger partial charge in [0.05, 0.1) is 17.4 Å². The Bertz CT molecular complexity index is 1070. The number of hydrogen-bond acceptors (Lipinski definition) is 5. The van der Waals surface area contributed by atoms with Crippen LogP contribution < -0.4 is 4.74 Å². The maximum Gasteiger partial charge on any atom is 0.326 e. The molecule has 3 atom stereocenters. The van der Waals surface area contributed by atoms with Crippen LogP contribution in [0.3, 0.4) is 0 Å². The lowest BCUT2D eigenvalue weighted by Gasteiger charge is -2.31. The van der Waals surface area contributed by atoms with Gasteiger partial charge >= 0.3 is 5.97 Å². The van der Waals surface area contributed by atoms with E-state index < -0.39 is 18.1 Å². The zero-order valence-electron chi connectivity index (χ0n) is 19.8. The number of carbonyl (C=O) groups excluding carboxylic acids is 1. The van der Waals surface area contributed by atoms with E-state index in [-0.39, 0.29) is 30.2 Å². The molecule has 1 saturated heterocycles. The molecule has 2 heterocycles. The number of likely N-dealkylation sites (tertiary alicyclic amines) is 1. The second kappa shape index (κ2) is 8.01. The van der Waals surface area contributed by atoms with Crippen molar-refractivity contribution in [3.63, 3.8) is 0 Å². The van der Waals surface area contributed by atoms with Crippen molar-refractivity contribution in [2.24, 2.45) is 11.3 Å². The number of carboxylic acid groups (broad SMARTS) is 1. The van der Waals surface area contributed by atoms with E-state index in [1.165, 1.54) is 4.90 Å². The van der Waals surface area contributed by atoms with Gasteiger partial charge in [0.25, 0.3) is 0 Å². The minimum atomic E-state index is -0.997. The molecule has 1 amide bonds. The molecule has 4 rings (SSSR count). The minimum Gasteiger partial charge on any atom is -0.480 e. The first kappa shape index (κ1) is 22.5. The van der Waals surface area contributed by atoms with E-state index in [4.69, 9.17) is 14.7 Å². The largest absolute Gasteiger partial charge is 0.480 e. The summed E-state index contributed by atoms with van der Waals surface area (Å²) in [7, 11) is 0. The van der Waals surface area contributed by atoms with Gasteiger partial charge in [-0.15, -0.1) is 0 Å². The number of nitrogens with zero attached hydrogens (tertiary/aromatic N) is 3. The summed E-state index contributed by atoms with van der Waals surface area (Å²) in [6, 6.07) is 3.20. The second-order valence-electron chi connectivity index (χ2n) is 10.5. The van der Waals surface area contributed by atoms with Crippen molar-refractivity contribution in [3.05, 3.63) is 29.1 Å². The van der Waals surface area contributed by atoms with Crippen LogP contribution in [0.25, 0.3) is 10.9 Å². The molecule has 1 aliphatic carbocycles. The molecule has 2 fully saturated rings. The Hall–Kier alpha value is -2.70. The Balaban J connectivity index is 1.64. The van der Waals surface area contributed by atoms with E-state index in [0.717, 1.165) is 40.7 Å². The van der Waals surface area contributed by atoms with E-state index in [1.807, 2.05) is 40.7 Å². The molecule has 1 aromatic heterocycles. The monoisotopic (exact) mass is 439 g/mol. The molecule has 1 saturated carbocycles. The van der Waals surface area contributed by atoms with Crippen molar-refractivity contribution in [2.75, 3.05) is 6.54 Å². The fourth-order valence-corrected chi connectivity index (χ4v) is 4.13. The molecule has 1 aromatic carbocycles. The van der Waals surface area contributed by atoms with E-state index in [1.54, 1.807) is 0 Å². The average molecular weight is 440 g/mol. The first-order valence-electron chi connectivity index (χ1n) is 11.4. The molecular formula is C25H33N3O4. The van der Waals surface area contributed by atoms with Gasteiger partial charge in [0, 0.05) is 18.3 Å². The molecule has 1 N–H and O–H groups in total. The number of aliphatic carboxylic acids is 1. The number of rotatable bonds is 5. The van der Waals surface area contributed by atoms with Gasteiger partial charge in [-0.05, 0) is 55.4 Å². The zero-order valence-corrected chi connectivity index (χ0v) is 19.8. The molecule has 0 radical (unpaired) electrons. The van der Waals surface area contributed by atoms with E-state index in [0.29, 0.717) is 11.8 Å². The van der Waals surface area contributed by atoms with Crippen LogP contribution in [0.5, 0.6) is 5.88 Å². The first-order chi connectivity index (χ1) is 15.0. The summed E-state index contributed by atoms with van der Waals surface area (Å²) in [6.45, 7) is 12.2. The van der Waals surface area contributed by atoms with Crippen molar-refractivity contribution in [1.29, 1.82) is 0 Å². The average Bonchev–Trinajstić information content (AvgIpc) is 3.47. The highest BCUT2D eigenvalue weighted by atomic mass is 16.5. The standard InChI is InChI=1S/C25H33N3O4/c1-13-9-18-19(10-14(13)2)26-21(16-7-8-16)27-22(18)32-17-11-20(24(30)31)28(12-17)23(29)15(3)25(4,5)6/h9-10,15-17,20H,7-8,11-12H2,1-6H3,(H,30,31)/t15-,17?,20?/m1/s1. The summed E-state index contributed by atoms with van der Waals surface area (Å²) in [5.74, 6) is 0.210. The fraction of sp³-hybridized carbons (Fsp3) is 0.600. The topological polar surface area (TPSA) is 92.6 Å². The number of benzene rings is 1. The smallest absolute Gasteiger partial charge is 0.326 e. The number of amides is 1. The molecule has 172 valence electrons. The quantitative estimate of drug-likeness (QED) is 0.749. The highest BCUT2D eigenvalue weighted by Gasteiger charge is 2.44. The highest BCUT2D eigenvalue weighted by Crippen LogP contribution is 2.40. The third kappa shape index (κ3) is 4.30. The van der Waals surface area contributed by atoms with Gasteiger partial charge in [0.15, 0.2) is 0 Å². The summed E-state index contributed by atoms with van der Waals surface area (Å²) in [6.07, 6.45) is 1.96. The molecule has 7 nitrogen and oxygen atoms in total. The van der Waals surface area contributed by atoms with Crippen LogP contribution in [0, 0.1) is 25.2 Å². The lowest BCUT2D eigenvalue weighted by molar-refractivity contribution is -0.151. The van der Waals surface area contributed by atoms with Gasteiger partial charge in [-0.2, -0.15) is 4.98 Å². The van der Waals surface area contributed by atoms with E-state index in [2.05, 4.69) is 13.0 Å². The van der Waals surface area contributed by atoms with Crippen LogP contribution in [-0.4, -0.2) is 50.5 Å². The lowest BCUT2D eigenvalue weighted by Crippen LogP contribution is -2.45. The van der Waals surface area contributed by atoms with Crippen molar-refractivity contribution < 1.29 is 19.4 Å². The van der Waals surface area contributed by atoms with Crippen LogP contribution in [0.1, 0.15) is 69.8 Å². The van der Waals surface area contributed by atoms with Gasteiger partial charge in [-0.1, -0.05) is 27.7 Å². The van der Waals surface area contributed by atoms with Crippen LogP contribution >= 0.6 is 0 Å². The SMILES string of the molecule is Cc1cc2nc(C3CC3)nc(OC3CC(C(=O)O)N(C(=O)[C@@H](C)C(C)(C)C)C3)c2cc1C. The Labute approximate surface area is 189 Å². The van der Waals surface area contributed by atoms with Crippen molar-refractivity contribution in [3.8, 4) is 5.88 Å². The predicted molar refractivity (Wildman–Crippen MR) is 122 cm³/mol. The molecular weight excluding hydrogens is 406 g/mol. The molecule has 2 aliphatic rings. The number of ether oxygens (including phenoxy) is 1. The van der Waals surface area contributed by atoms with Gasteiger partial charge < -0.3 is 14.7 Å². The third-order valence-electron chi connectivity index (χ3n) is 7.01. The summed E-state index contributed by atoms with van der Waals surface area (Å²) < 4.78 is 6.32. The normalized spacial score (nSPS) is 22.2. The molecule has 32 heavy (non-hydrogen) atoms. The Morgan fingerprint density at radius 1 is 1.16 bits per heavy atom. The molecule has 0 spiro atoms. The predicted octanol–water partition coefficient (Wildman–Crippen LogP) is 4.24. The first-order valence-corrected chi connectivity index (χ1v) is 11.4. The van der Waals surface area contributed by atoms with Gasteiger partial charge in [-0.3, -0.25) is 4.79 Å². The molecule has 0 bridgehead atoms. The summed E-state index contributed by atoms with van der Waals surface area (Å²) >= 11 is 0. The second-order valence-corrected chi connectivity index (χ2v) is 10.5. The number of aryl methyl sites for hydroxylation is 2. The maximum absolute atomic E-state index is 13.1. The molecule has 7 heteroatoms. The van der Waals surface area contributed by atoms with Crippen molar-refractivity contribution >= 4 is 22.8 Å². The van der Waals surface area contributed by atoms with Crippen molar-refractivity contribution in [1.82, 2.24) is 14.9 Å². The van der Waals surface area contributed by atoms with Gasteiger partial charge in [0.2, 0.25) is 11.8 Å². The third-order valence-corrected chi connectivity index (χ3v) is 7.01. The number of hydrogen-bond donors (Lipinski definition) is 1. The number of carbonyl (C=O) groups is 2. The van der Waals surface area contributed by atoms with Crippen LogP contribution in [-0.2, 0) is 9.59 Å². The Morgan fingerprint density at radius 2 is 1.81 bits per heavy atom. The number of carboxylic acids is 1. The Kier molecular flexibility index (Phi) is 5.63. The molecule has 2 aromatic rings. The number of aromatic nitrogens is 2. The van der Waals surface area contributed by atoms with Crippen LogP contribution in [0.2, 0.25) is 0 Å². The van der Waals surface area contributed by atoms with E-state index in [9.17, 15) is 14.7 Å². The zero-order chi connectivity index (χ0) is 23.4. The van der Waals surface area contributed by atoms with E-state index >= 15 is 0 Å². The van der Waals surface area contributed by atoms with Crippen LogP contribution in [0.15, 0.2) is 12.1 Å². The summed E-state index contributed by atoms with van der Waals surface area (Å²) in [5, 5.41) is 10.6. The van der Waals surface area contributed by atoms with Gasteiger partial charge in [-0.25, -0.2) is 9.78 Å². The summed E-state index contributed by atoms with van der Waals surface area (Å²) in [4.78, 5) is 36.1. The van der Waals surface area contributed by atoms with Gasteiger partial charge in [0.1, 0.15) is 18.0 Å². The minimum absolute atomic E-state index is 0.145. The number of fused-ring (bicyclic) bond motifs is 1.